The Hall–Kier alpha value is -3.04. The highest BCUT2D eigenvalue weighted by Gasteiger charge is 2.19. The number of rotatable bonds is 5. The first-order chi connectivity index (χ1) is 13.0. The van der Waals surface area contributed by atoms with E-state index in [1.54, 1.807) is 24.3 Å². The topological polar surface area (TPSA) is 108 Å². The lowest BCUT2D eigenvalue weighted by Crippen LogP contribution is -2.11. The van der Waals surface area contributed by atoms with E-state index in [2.05, 4.69) is 20.5 Å². The summed E-state index contributed by atoms with van der Waals surface area (Å²) in [5.74, 6) is -0.348. The number of hydrogen-bond donors (Lipinski definition) is 3. The van der Waals surface area contributed by atoms with Crippen molar-refractivity contribution in [1.82, 2.24) is 15.2 Å². The highest BCUT2D eigenvalue weighted by atomic mass is 32.2. The maximum Gasteiger partial charge on any atom is 0.182 e. The summed E-state index contributed by atoms with van der Waals surface area (Å²) in [6.45, 7) is -0.471. The maximum absolute atomic E-state index is 13.6. The van der Waals surface area contributed by atoms with Gasteiger partial charge in [-0.1, -0.05) is 12.1 Å². The number of benzene rings is 2. The van der Waals surface area contributed by atoms with Gasteiger partial charge in [-0.3, -0.25) is 10.1 Å². The molecule has 0 saturated heterocycles. The number of aromatic amines is 1. The fourth-order valence-corrected chi connectivity index (χ4v) is 4.15. The van der Waals surface area contributed by atoms with Gasteiger partial charge >= 0.3 is 0 Å². The normalized spacial score (nSPS) is 11.9. The summed E-state index contributed by atoms with van der Waals surface area (Å²) in [7, 11) is -3.67. The molecule has 2 aromatic carbocycles. The third-order valence-corrected chi connectivity index (χ3v) is 5.93. The number of pyridine rings is 1. The van der Waals surface area contributed by atoms with Gasteiger partial charge in [0.1, 0.15) is 5.82 Å². The van der Waals surface area contributed by atoms with Crippen LogP contribution in [0.2, 0.25) is 0 Å². The third kappa shape index (κ3) is 3.11. The smallest absolute Gasteiger partial charge is 0.182 e. The van der Waals surface area contributed by atoms with Crippen LogP contribution in [0, 0.1) is 5.82 Å². The fraction of sp³-hybridized carbons (Fsp3) is 0.111. The molecule has 0 amide bonds. The van der Waals surface area contributed by atoms with Gasteiger partial charge in [0.15, 0.2) is 15.7 Å². The molecular weight excluding hydrogens is 371 g/mol. The minimum atomic E-state index is -3.67. The molecule has 27 heavy (non-hydrogen) atoms. The van der Waals surface area contributed by atoms with Crippen LogP contribution in [-0.2, 0) is 9.84 Å². The summed E-state index contributed by atoms with van der Waals surface area (Å²) in [6, 6.07) is 10.8. The van der Waals surface area contributed by atoms with Crippen molar-refractivity contribution in [3.63, 3.8) is 0 Å². The summed E-state index contributed by atoms with van der Waals surface area (Å²) < 4.78 is 38.4. The van der Waals surface area contributed by atoms with Gasteiger partial charge in [-0.2, -0.15) is 5.10 Å². The molecule has 2 heterocycles. The highest BCUT2D eigenvalue weighted by Crippen LogP contribution is 2.31. The zero-order chi connectivity index (χ0) is 19.0. The van der Waals surface area contributed by atoms with E-state index in [0.717, 1.165) is 0 Å². The minimum Gasteiger partial charge on any atom is -0.395 e. The zero-order valence-electron chi connectivity index (χ0n) is 14.0. The molecule has 0 fully saturated rings. The summed E-state index contributed by atoms with van der Waals surface area (Å²) >= 11 is 0. The molecule has 0 bridgehead atoms. The number of anilines is 2. The van der Waals surface area contributed by atoms with Gasteiger partial charge < -0.3 is 10.4 Å². The molecular formula is C18H15FN4O3S. The lowest BCUT2D eigenvalue weighted by atomic mass is 10.2. The lowest BCUT2D eigenvalue weighted by Gasteiger charge is -2.11. The van der Waals surface area contributed by atoms with E-state index >= 15 is 0 Å². The average Bonchev–Trinajstić information content (AvgIpc) is 3.03. The van der Waals surface area contributed by atoms with Crippen molar-refractivity contribution in [1.29, 1.82) is 0 Å². The van der Waals surface area contributed by atoms with E-state index in [4.69, 9.17) is 5.11 Å². The Labute approximate surface area is 153 Å². The molecule has 7 nitrogen and oxygen atoms in total. The standard InChI is InChI=1S/C18H15FN4O3S/c19-11-4-5-15-13(10-11)18(23-22-15)21-14-6-7-20-17-12(14)2-1-3-16(17)27(25,26)9-8-24/h1-7,10,24H,8-9H2,(H2,20,21,22,23). The first-order valence-electron chi connectivity index (χ1n) is 8.11. The summed E-state index contributed by atoms with van der Waals surface area (Å²) in [5.41, 5.74) is 1.55. The quantitative estimate of drug-likeness (QED) is 0.487. The van der Waals surface area contributed by atoms with Crippen LogP contribution in [0.4, 0.5) is 15.9 Å². The second-order valence-corrected chi connectivity index (χ2v) is 8.02. The molecule has 0 aliphatic heterocycles. The van der Waals surface area contributed by atoms with E-state index < -0.39 is 16.4 Å². The summed E-state index contributed by atoms with van der Waals surface area (Å²) in [5, 5.41) is 20.3. The van der Waals surface area contributed by atoms with Crippen LogP contribution in [-0.4, -0.2) is 41.1 Å². The van der Waals surface area contributed by atoms with Gasteiger partial charge in [-0.25, -0.2) is 12.8 Å². The van der Waals surface area contributed by atoms with Crippen LogP contribution in [0.5, 0.6) is 0 Å². The number of para-hydroxylation sites is 1. The molecule has 0 aliphatic carbocycles. The van der Waals surface area contributed by atoms with Gasteiger partial charge in [-0.05, 0) is 30.3 Å². The molecule has 4 aromatic rings. The number of nitrogens with one attached hydrogen (secondary N) is 2. The lowest BCUT2D eigenvalue weighted by molar-refractivity contribution is 0.319. The Morgan fingerprint density at radius 2 is 2.00 bits per heavy atom. The summed E-state index contributed by atoms with van der Waals surface area (Å²) in [6.07, 6.45) is 1.48. The molecule has 2 aromatic heterocycles. The van der Waals surface area contributed by atoms with Crippen molar-refractivity contribution in [2.45, 2.75) is 4.90 Å². The molecule has 0 unspecified atom stereocenters. The SMILES string of the molecule is O=S(=O)(CCO)c1cccc2c(Nc3n[nH]c4ccc(F)cc34)ccnc12. The van der Waals surface area contributed by atoms with Gasteiger partial charge in [0.25, 0.3) is 0 Å². The van der Waals surface area contributed by atoms with Crippen LogP contribution >= 0.6 is 0 Å². The van der Waals surface area contributed by atoms with Crippen LogP contribution in [0.1, 0.15) is 0 Å². The molecule has 0 saturated carbocycles. The Morgan fingerprint density at radius 3 is 2.81 bits per heavy atom. The molecule has 0 radical (unpaired) electrons. The second-order valence-electron chi connectivity index (χ2n) is 5.94. The molecule has 3 N–H and O–H groups in total. The molecule has 138 valence electrons. The molecule has 0 spiro atoms. The van der Waals surface area contributed by atoms with Crippen LogP contribution in [0.15, 0.2) is 53.6 Å². The van der Waals surface area contributed by atoms with Crippen molar-refractivity contribution in [3.8, 4) is 0 Å². The number of fused-ring (bicyclic) bond motifs is 2. The van der Waals surface area contributed by atoms with Crippen LogP contribution < -0.4 is 5.32 Å². The third-order valence-electron chi connectivity index (χ3n) is 4.21. The number of hydrogen-bond acceptors (Lipinski definition) is 6. The second kappa shape index (κ2) is 6.60. The first kappa shape index (κ1) is 17.4. The average molecular weight is 386 g/mol. The minimum absolute atomic E-state index is 0.0515. The predicted molar refractivity (Wildman–Crippen MR) is 100 cm³/mol. The summed E-state index contributed by atoms with van der Waals surface area (Å²) in [4.78, 5) is 4.26. The number of sulfone groups is 1. The first-order valence-corrected chi connectivity index (χ1v) is 9.77. The fourth-order valence-electron chi connectivity index (χ4n) is 2.95. The van der Waals surface area contributed by atoms with Gasteiger partial charge in [0.2, 0.25) is 0 Å². The van der Waals surface area contributed by atoms with E-state index in [1.807, 2.05) is 0 Å². The number of aliphatic hydroxyl groups excluding tert-OH is 1. The number of aromatic nitrogens is 3. The Morgan fingerprint density at radius 1 is 1.15 bits per heavy atom. The number of H-pyrrole nitrogens is 1. The molecule has 0 aliphatic rings. The van der Waals surface area contributed by atoms with E-state index in [9.17, 15) is 12.8 Å². The Balaban J connectivity index is 1.84. The van der Waals surface area contributed by atoms with Crippen molar-refractivity contribution in [2.24, 2.45) is 0 Å². The number of halogens is 1. The van der Waals surface area contributed by atoms with Crippen LogP contribution in [0.25, 0.3) is 21.8 Å². The molecule has 0 atom stereocenters. The molecule has 4 rings (SSSR count). The number of nitrogens with zero attached hydrogens (tertiary/aromatic N) is 2. The van der Waals surface area contributed by atoms with E-state index in [0.29, 0.717) is 33.3 Å². The van der Waals surface area contributed by atoms with E-state index in [-0.39, 0.29) is 16.5 Å². The van der Waals surface area contributed by atoms with Gasteiger partial charge in [0, 0.05) is 17.0 Å². The predicted octanol–water partition coefficient (Wildman–Crippen LogP) is 2.76. The monoisotopic (exact) mass is 386 g/mol. The largest absolute Gasteiger partial charge is 0.395 e. The highest BCUT2D eigenvalue weighted by molar-refractivity contribution is 7.91. The van der Waals surface area contributed by atoms with E-state index in [1.165, 1.54) is 24.4 Å². The Bertz CT molecular complexity index is 1250. The number of aliphatic hydroxyl groups is 1. The van der Waals surface area contributed by atoms with Crippen molar-refractivity contribution in [3.05, 3.63) is 54.5 Å². The van der Waals surface area contributed by atoms with Gasteiger partial charge in [0.05, 0.1) is 34.0 Å². The maximum atomic E-state index is 13.6. The van der Waals surface area contributed by atoms with Crippen molar-refractivity contribution >= 4 is 43.1 Å². The molecule has 9 heteroatoms. The Kier molecular flexibility index (Phi) is 4.25. The van der Waals surface area contributed by atoms with Crippen molar-refractivity contribution < 1.29 is 17.9 Å². The van der Waals surface area contributed by atoms with Crippen LogP contribution in [0.3, 0.4) is 0 Å². The van der Waals surface area contributed by atoms with Crippen molar-refractivity contribution in [2.75, 3.05) is 17.7 Å². The van der Waals surface area contributed by atoms with Gasteiger partial charge in [-0.15, -0.1) is 0 Å². The zero-order valence-corrected chi connectivity index (χ0v) is 14.8.